The Kier molecular flexibility index (Phi) is 7.79. The molecule has 0 saturated carbocycles. The molecule has 0 aliphatic heterocycles. The highest BCUT2D eigenvalue weighted by atomic mass is 15.0. The van der Waals surface area contributed by atoms with Crippen LogP contribution in [-0.2, 0) is 0 Å². The normalized spacial score (nSPS) is 11.2. The molecule has 0 atom stereocenters. The number of benzene rings is 8. The number of nitrogens with zero attached hydrogens (tertiary/aromatic N) is 5. The predicted molar refractivity (Wildman–Crippen MR) is 233 cm³/mol. The maximum atomic E-state index is 9.99. The summed E-state index contributed by atoms with van der Waals surface area (Å²) in [6.07, 6.45) is 0. The van der Waals surface area contributed by atoms with Crippen LogP contribution in [0.15, 0.2) is 170 Å². The molecule has 0 unspecified atom stereocenters. The first kappa shape index (κ1) is 33.4. The van der Waals surface area contributed by atoms with Crippen LogP contribution in [0.1, 0.15) is 11.1 Å². The van der Waals surface area contributed by atoms with Gasteiger partial charge in [-0.05, 0) is 82.8 Å². The van der Waals surface area contributed by atoms with E-state index in [0.717, 1.165) is 93.9 Å². The van der Waals surface area contributed by atoms with Gasteiger partial charge in [-0.3, -0.25) is 0 Å². The second kappa shape index (κ2) is 13.3. The van der Waals surface area contributed by atoms with Crippen LogP contribution in [-0.4, -0.2) is 9.13 Å². The van der Waals surface area contributed by atoms with Crippen LogP contribution >= 0.6 is 0 Å². The van der Waals surface area contributed by atoms with E-state index >= 15 is 0 Å². The Labute approximate surface area is 329 Å². The molecule has 2 heterocycles. The Balaban J connectivity index is 1.33. The molecule has 5 heteroatoms. The summed E-state index contributed by atoms with van der Waals surface area (Å²) in [6.45, 7) is 18.0. The van der Waals surface area contributed by atoms with Crippen LogP contribution in [0.25, 0.3) is 98.1 Å². The van der Waals surface area contributed by atoms with E-state index in [4.69, 9.17) is 13.1 Å². The van der Waals surface area contributed by atoms with Crippen LogP contribution in [0.2, 0.25) is 0 Å². The number of para-hydroxylation sites is 4. The summed E-state index contributed by atoms with van der Waals surface area (Å²) in [4.78, 5) is 7.70. The Hall–Kier alpha value is -8.17. The van der Waals surface area contributed by atoms with E-state index in [1.165, 1.54) is 0 Å². The van der Waals surface area contributed by atoms with Gasteiger partial charge >= 0.3 is 0 Å². The van der Waals surface area contributed by atoms with Crippen molar-refractivity contribution in [1.82, 2.24) is 9.13 Å². The third-order valence-electron chi connectivity index (χ3n) is 11.2. The monoisotopic (exact) mass is 725 g/mol. The number of rotatable bonds is 5. The van der Waals surface area contributed by atoms with Crippen molar-refractivity contribution >= 4 is 55.0 Å². The molecule has 8 aromatic carbocycles. The first-order valence-corrected chi connectivity index (χ1v) is 18.7. The Morgan fingerprint density at radius 3 is 1.56 bits per heavy atom. The van der Waals surface area contributed by atoms with E-state index in [9.17, 15) is 5.26 Å². The van der Waals surface area contributed by atoms with Gasteiger partial charge in [0.25, 0.3) is 0 Å². The number of nitriles is 1. The zero-order chi connectivity index (χ0) is 38.6. The first-order valence-electron chi connectivity index (χ1n) is 18.7. The molecule has 10 rings (SSSR count). The standard InChI is InChI=1S/C52H31N5/c1-33-47(56-48-21-10-6-17-41(48)43-25-23-36(30-50(43)56)38-15-4-8-19-45(38)54-2)28-27-40(35-14-12-13-34(29-35)32-53)52(33)57-49-22-11-7-18-42(49)44-26-24-37(31-51(44)57)39-16-5-9-20-46(39)55-3/h4-31H,1H3. The fourth-order valence-corrected chi connectivity index (χ4v) is 8.62. The molecular formula is C52H31N5. The minimum absolute atomic E-state index is 0.593. The van der Waals surface area contributed by atoms with Crippen LogP contribution in [0.5, 0.6) is 0 Å². The van der Waals surface area contributed by atoms with Gasteiger partial charge in [-0.2, -0.15) is 5.26 Å². The number of fused-ring (bicyclic) bond motifs is 6. The first-order chi connectivity index (χ1) is 28.1. The van der Waals surface area contributed by atoms with E-state index < -0.39 is 0 Å². The van der Waals surface area contributed by atoms with Crippen molar-refractivity contribution in [2.75, 3.05) is 0 Å². The molecule has 2 aromatic heterocycles. The molecule has 5 nitrogen and oxygen atoms in total. The van der Waals surface area contributed by atoms with E-state index in [0.29, 0.717) is 16.9 Å². The van der Waals surface area contributed by atoms with Crippen molar-refractivity contribution in [3.8, 4) is 50.8 Å². The molecular weight excluding hydrogens is 695 g/mol. The minimum Gasteiger partial charge on any atom is -0.309 e. The van der Waals surface area contributed by atoms with Gasteiger partial charge in [0.2, 0.25) is 0 Å². The summed E-state index contributed by atoms with van der Waals surface area (Å²) in [5.41, 5.74) is 14.8. The minimum atomic E-state index is 0.593. The van der Waals surface area contributed by atoms with Crippen molar-refractivity contribution in [2.24, 2.45) is 0 Å². The molecule has 264 valence electrons. The van der Waals surface area contributed by atoms with E-state index in [1.807, 2.05) is 66.7 Å². The van der Waals surface area contributed by atoms with Gasteiger partial charge in [0, 0.05) is 27.1 Å². The summed E-state index contributed by atoms with van der Waals surface area (Å²) in [5, 5.41) is 14.5. The van der Waals surface area contributed by atoms with Gasteiger partial charge in [-0.1, -0.05) is 127 Å². The van der Waals surface area contributed by atoms with E-state index in [2.05, 4.69) is 135 Å². The zero-order valence-corrected chi connectivity index (χ0v) is 30.9. The summed E-state index contributed by atoms with van der Waals surface area (Å²) >= 11 is 0. The molecule has 0 bridgehead atoms. The summed E-state index contributed by atoms with van der Waals surface area (Å²) < 4.78 is 4.72. The van der Waals surface area contributed by atoms with Crippen molar-refractivity contribution in [2.45, 2.75) is 6.92 Å². The van der Waals surface area contributed by atoms with Crippen molar-refractivity contribution in [3.63, 3.8) is 0 Å². The van der Waals surface area contributed by atoms with E-state index in [-0.39, 0.29) is 0 Å². The van der Waals surface area contributed by atoms with Gasteiger partial charge in [-0.15, -0.1) is 0 Å². The number of hydrogen-bond donors (Lipinski definition) is 0. The SMILES string of the molecule is [C-]#[N+]c1ccccc1-c1ccc2c3ccccc3n(-c3ccc(-c4cccc(C#N)c4)c(-n4c5ccccc5c5ccc(-c6ccccc6[N+]#[C-])cc54)c3C)c2c1. The quantitative estimate of drug-likeness (QED) is 0.163. The van der Waals surface area contributed by atoms with Gasteiger partial charge in [0.15, 0.2) is 11.4 Å². The fraction of sp³-hybridized carbons (Fsp3) is 0.0192. The lowest BCUT2D eigenvalue weighted by Crippen LogP contribution is -2.06. The number of aromatic nitrogens is 2. The number of hydrogen-bond acceptors (Lipinski definition) is 1. The summed E-state index contributed by atoms with van der Waals surface area (Å²) in [7, 11) is 0. The second-order valence-corrected chi connectivity index (χ2v) is 14.2. The highest BCUT2D eigenvalue weighted by Gasteiger charge is 2.23. The van der Waals surface area contributed by atoms with Crippen LogP contribution in [0.4, 0.5) is 11.4 Å². The molecule has 0 N–H and O–H groups in total. The maximum absolute atomic E-state index is 9.99. The smallest absolute Gasteiger partial charge is 0.194 e. The van der Waals surface area contributed by atoms with Crippen LogP contribution in [0, 0.1) is 31.4 Å². The van der Waals surface area contributed by atoms with Gasteiger partial charge in [-0.25, -0.2) is 9.69 Å². The third kappa shape index (κ3) is 5.21. The topological polar surface area (TPSA) is 42.4 Å². The van der Waals surface area contributed by atoms with E-state index in [1.54, 1.807) is 0 Å². The lowest BCUT2D eigenvalue weighted by Gasteiger charge is -2.21. The van der Waals surface area contributed by atoms with Crippen molar-refractivity contribution < 1.29 is 0 Å². The molecule has 0 fully saturated rings. The largest absolute Gasteiger partial charge is 0.309 e. The second-order valence-electron chi connectivity index (χ2n) is 14.2. The highest BCUT2D eigenvalue weighted by molar-refractivity contribution is 6.12. The molecule has 0 radical (unpaired) electrons. The summed E-state index contributed by atoms with van der Waals surface area (Å²) in [5.74, 6) is 0. The van der Waals surface area contributed by atoms with Crippen LogP contribution < -0.4 is 0 Å². The molecule has 0 spiro atoms. The highest BCUT2D eigenvalue weighted by Crippen LogP contribution is 2.44. The third-order valence-corrected chi connectivity index (χ3v) is 11.2. The average Bonchev–Trinajstić information content (AvgIpc) is 3.78. The van der Waals surface area contributed by atoms with Crippen molar-refractivity contribution in [1.29, 1.82) is 5.26 Å². The Bertz CT molecular complexity index is 3410. The van der Waals surface area contributed by atoms with Gasteiger partial charge in [0.1, 0.15) is 0 Å². The molecule has 0 amide bonds. The predicted octanol–water partition coefficient (Wildman–Crippen LogP) is 14.2. The molecule has 0 saturated heterocycles. The Morgan fingerprint density at radius 1 is 0.456 bits per heavy atom. The van der Waals surface area contributed by atoms with Gasteiger partial charge in [0.05, 0.1) is 58.2 Å². The molecule has 57 heavy (non-hydrogen) atoms. The molecule has 0 aliphatic carbocycles. The van der Waals surface area contributed by atoms with Crippen LogP contribution in [0.3, 0.4) is 0 Å². The lowest BCUT2D eigenvalue weighted by atomic mass is 9.97. The lowest BCUT2D eigenvalue weighted by molar-refractivity contribution is 1.10. The molecule has 0 aliphatic rings. The van der Waals surface area contributed by atoms with Crippen molar-refractivity contribution in [3.05, 3.63) is 204 Å². The van der Waals surface area contributed by atoms with Gasteiger partial charge < -0.3 is 9.13 Å². The maximum Gasteiger partial charge on any atom is 0.194 e. The zero-order valence-electron chi connectivity index (χ0n) is 30.9. The fourth-order valence-electron chi connectivity index (χ4n) is 8.62. The average molecular weight is 726 g/mol. The molecule has 10 aromatic rings. The Morgan fingerprint density at radius 2 is 0.965 bits per heavy atom. The summed E-state index contributed by atoms with van der Waals surface area (Å²) in [6, 6.07) is 60.1.